The predicted octanol–water partition coefficient (Wildman–Crippen LogP) is 2.62. The summed E-state index contributed by atoms with van der Waals surface area (Å²) in [5, 5.41) is 16.9. The van der Waals surface area contributed by atoms with Crippen molar-refractivity contribution in [2.75, 3.05) is 24.2 Å². The van der Waals surface area contributed by atoms with E-state index in [0.717, 1.165) is 29.1 Å². The summed E-state index contributed by atoms with van der Waals surface area (Å²) in [7, 11) is 0. The van der Waals surface area contributed by atoms with Crippen molar-refractivity contribution in [3.8, 4) is 0 Å². The molecule has 28 heavy (non-hydrogen) atoms. The molecule has 3 aromatic heterocycles. The minimum atomic E-state index is 0.223. The number of fused-ring (bicyclic) bond motifs is 1. The van der Waals surface area contributed by atoms with Crippen LogP contribution in [0, 0.1) is 26.3 Å². The summed E-state index contributed by atoms with van der Waals surface area (Å²) in [4.78, 5) is 12.9. The van der Waals surface area contributed by atoms with E-state index in [0.29, 0.717) is 42.1 Å². The maximum Gasteiger partial charge on any atom is 0.268 e. The van der Waals surface area contributed by atoms with Crippen molar-refractivity contribution >= 4 is 23.0 Å². The molecule has 4 N–H and O–H groups in total. The van der Waals surface area contributed by atoms with Crippen LogP contribution in [0.4, 0.5) is 17.3 Å². The smallest absolute Gasteiger partial charge is 0.268 e. The first kappa shape index (κ1) is 18.2. The topological polar surface area (TPSA) is 106 Å². The highest BCUT2D eigenvalue weighted by molar-refractivity contribution is 5.80. The summed E-state index contributed by atoms with van der Waals surface area (Å²) < 4.78 is 1.53. The molecule has 144 valence electrons. The zero-order valence-corrected chi connectivity index (χ0v) is 16.0. The third kappa shape index (κ3) is 3.14. The number of nitrogens with two attached hydrogens (primary N) is 1. The fourth-order valence-electron chi connectivity index (χ4n) is 3.47. The zero-order valence-electron chi connectivity index (χ0n) is 16.0. The van der Waals surface area contributed by atoms with Crippen molar-refractivity contribution in [3.63, 3.8) is 0 Å². The second-order valence-electron chi connectivity index (χ2n) is 7.27. The van der Waals surface area contributed by atoms with Gasteiger partial charge in [0.1, 0.15) is 11.6 Å². The number of anilines is 2. The van der Waals surface area contributed by atoms with Gasteiger partial charge in [-0.3, -0.25) is 4.98 Å². The van der Waals surface area contributed by atoms with Gasteiger partial charge < -0.3 is 16.2 Å². The SMILES string of the molecule is [C-]#[N+]c1c(NCCc2cccc(C3CC3CO)n2)nc2c(C)c(C)nn2c1N. The maximum atomic E-state index is 9.26. The fraction of sp³-hybridized carbons (Fsp3) is 0.400. The van der Waals surface area contributed by atoms with E-state index in [4.69, 9.17) is 17.3 Å². The van der Waals surface area contributed by atoms with Gasteiger partial charge >= 0.3 is 0 Å². The van der Waals surface area contributed by atoms with Crippen LogP contribution in [0.3, 0.4) is 0 Å². The van der Waals surface area contributed by atoms with Gasteiger partial charge in [0.25, 0.3) is 5.69 Å². The number of aliphatic hydroxyl groups is 1. The second kappa shape index (κ2) is 7.09. The summed E-state index contributed by atoms with van der Waals surface area (Å²) in [6, 6.07) is 6.03. The van der Waals surface area contributed by atoms with E-state index in [-0.39, 0.29) is 12.3 Å². The quantitative estimate of drug-likeness (QED) is 0.570. The lowest BCUT2D eigenvalue weighted by Crippen LogP contribution is -2.10. The van der Waals surface area contributed by atoms with Crippen molar-refractivity contribution in [1.82, 2.24) is 19.6 Å². The van der Waals surface area contributed by atoms with E-state index >= 15 is 0 Å². The first-order chi connectivity index (χ1) is 13.5. The van der Waals surface area contributed by atoms with Crippen LogP contribution in [0.5, 0.6) is 0 Å². The third-order valence-corrected chi connectivity index (χ3v) is 5.39. The molecule has 8 heteroatoms. The number of nitrogen functional groups attached to an aromatic ring is 1. The molecular formula is C20H23N7O. The van der Waals surface area contributed by atoms with Gasteiger partial charge in [0.05, 0.1) is 12.3 Å². The van der Waals surface area contributed by atoms with Crippen LogP contribution in [-0.2, 0) is 6.42 Å². The maximum absolute atomic E-state index is 9.26. The molecule has 0 spiro atoms. The Morgan fingerprint density at radius 3 is 2.89 bits per heavy atom. The standard InChI is InChI=1S/C20H23N7O/c1-11-12(2)26-27-18(21)17(22-3)19(25-20(11)27)23-8-7-14-5-4-6-16(24-14)15-9-13(15)10-28/h4-6,13,15,28H,7-10,21H2,1-2H3,(H,23,25). The highest BCUT2D eigenvalue weighted by Gasteiger charge is 2.38. The third-order valence-electron chi connectivity index (χ3n) is 5.39. The Balaban J connectivity index is 1.51. The van der Waals surface area contributed by atoms with Crippen molar-refractivity contribution < 1.29 is 5.11 Å². The number of hydrogen-bond donors (Lipinski definition) is 3. The van der Waals surface area contributed by atoms with Crippen LogP contribution in [0.2, 0.25) is 0 Å². The number of hydrogen-bond acceptors (Lipinski definition) is 6. The van der Waals surface area contributed by atoms with E-state index in [9.17, 15) is 5.11 Å². The van der Waals surface area contributed by atoms with Crippen LogP contribution in [0.25, 0.3) is 10.5 Å². The minimum Gasteiger partial charge on any atom is -0.396 e. The number of pyridine rings is 1. The molecule has 1 saturated carbocycles. The second-order valence-corrected chi connectivity index (χ2v) is 7.27. The molecule has 8 nitrogen and oxygen atoms in total. The van der Waals surface area contributed by atoms with Gasteiger partial charge in [0.15, 0.2) is 5.65 Å². The highest BCUT2D eigenvalue weighted by Crippen LogP contribution is 2.46. The van der Waals surface area contributed by atoms with Crippen LogP contribution in [0.1, 0.15) is 35.0 Å². The minimum absolute atomic E-state index is 0.223. The largest absolute Gasteiger partial charge is 0.396 e. The molecule has 2 unspecified atom stereocenters. The first-order valence-electron chi connectivity index (χ1n) is 9.37. The molecule has 0 aromatic carbocycles. The summed E-state index contributed by atoms with van der Waals surface area (Å²) >= 11 is 0. The summed E-state index contributed by atoms with van der Waals surface area (Å²) in [5.74, 6) is 1.50. The Morgan fingerprint density at radius 2 is 2.18 bits per heavy atom. The van der Waals surface area contributed by atoms with Gasteiger partial charge in [-0.15, -0.1) is 0 Å². The Labute approximate surface area is 163 Å². The Kier molecular flexibility index (Phi) is 4.61. The van der Waals surface area contributed by atoms with Crippen LogP contribution in [-0.4, -0.2) is 37.8 Å². The van der Waals surface area contributed by atoms with Crippen LogP contribution >= 0.6 is 0 Å². The van der Waals surface area contributed by atoms with Gasteiger partial charge in [0.2, 0.25) is 0 Å². The molecule has 1 aliphatic carbocycles. The number of nitrogens with one attached hydrogen (secondary N) is 1. The molecule has 0 aliphatic heterocycles. The fourth-order valence-corrected chi connectivity index (χ4v) is 3.47. The zero-order chi connectivity index (χ0) is 19.8. The van der Waals surface area contributed by atoms with Gasteiger partial charge in [-0.2, -0.15) is 5.10 Å². The molecule has 1 aliphatic rings. The molecule has 0 radical (unpaired) electrons. The van der Waals surface area contributed by atoms with Crippen molar-refractivity contribution in [1.29, 1.82) is 0 Å². The molecule has 0 bridgehead atoms. The normalized spacial score (nSPS) is 18.2. The van der Waals surface area contributed by atoms with Gasteiger partial charge in [-0.05, 0) is 38.3 Å². The number of aliphatic hydroxyl groups excluding tert-OH is 1. The average molecular weight is 377 g/mol. The molecule has 1 fully saturated rings. The van der Waals surface area contributed by atoms with E-state index < -0.39 is 0 Å². The Morgan fingerprint density at radius 1 is 1.36 bits per heavy atom. The van der Waals surface area contributed by atoms with Crippen LogP contribution in [0.15, 0.2) is 18.2 Å². The molecule has 4 rings (SSSR count). The Hall–Kier alpha value is -3.18. The van der Waals surface area contributed by atoms with Gasteiger partial charge in [-0.1, -0.05) is 6.07 Å². The lowest BCUT2D eigenvalue weighted by molar-refractivity contribution is 0.273. The van der Waals surface area contributed by atoms with Crippen molar-refractivity contribution in [2.24, 2.45) is 5.92 Å². The van der Waals surface area contributed by atoms with Gasteiger partial charge in [0, 0.05) is 42.4 Å². The monoisotopic (exact) mass is 377 g/mol. The summed E-state index contributed by atoms with van der Waals surface area (Å²) in [6.45, 7) is 12.1. The average Bonchev–Trinajstić information content (AvgIpc) is 3.44. The number of aromatic nitrogens is 4. The predicted molar refractivity (Wildman–Crippen MR) is 107 cm³/mol. The summed E-state index contributed by atoms with van der Waals surface area (Å²) in [5.41, 5.74) is 10.9. The lowest BCUT2D eigenvalue weighted by Gasteiger charge is -2.11. The number of rotatable bonds is 6. The van der Waals surface area contributed by atoms with E-state index in [1.54, 1.807) is 0 Å². The first-order valence-corrected chi connectivity index (χ1v) is 9.37. The molecule has 2 atom stereocenters. The Bertz CT molecular complexity index is 1080. The van der Waals surface area contributed by atoms with Gasteiger partial charge in [-0.25, -0.2) is 14.3 Å². The number of aryl methyl sites for hydroxylation is 2. The van der Waals surface area contributed by atoms with Crippen molar-refractivity contribution in [2.45, 2.75) is 32.6 Å². The highest BCUT2D eigenvalue weighted by atomic mass is 16.3. The molecular weight excluding hydrogens is 354 g/mol. The van der Waals surface area contributed by atoms with E-state index in [2.05, 4.69) is 20.2 Å². The molecule has 3 heterocycles. The van der Waals surface area contributed by atoms with Crippen LogP contribution < -0.4 is 11.1 Å². The van der Waals surface area contributed by atoms with E-state index in [1.807, 2.05) is 32.0 Å². The number of nitrogens with zero attached hydrogens (tertiary/aromatic N) is 5. The molecule has 3 aromatic rings. The molecule has 0 amide bonds. The van der Waals surface area contributed by atoms with Crippen molar-refractivity contribution in [3.05, 3.63) is 52.3 Å². The van der Waals surface area contributed by atoms with E-state index in [1.165, 1.54) is 4.52 Å². The lowest BCUT2D eigenvalue weighted by atomic mass is 10.2. The summed E-state index contributed by atoms with van der Waals surface area (Å²) in [6.07, 6.45) is 1.71. The molecule has 0 saturated heterocycles.